The van der Waals surface area contributed by atoms with Crippen LogP contribution in [0.2, 0.25) is 0 Å². The highest BCUT2D eigenvalue weighted by Crippen LogP contribution is 2.16. The number of aryl methyl sites for hydroxylation is 2. The van der Waals surface area contributed by atoms with E-state index in [0.717, 1.165) is 32.8 Å². The van der Waals surface area contributed by atoms with Crippen LogP contribution in [0.15, 0.2) is 41.2 Å². The fourth-order valence-corrected chi connectivity index (χ4v) is 3.29. The number of nitrogens with zero attached hydrogens (tertiary/aromatic N) is 2. The van der Waals surface area contributed by atoms with Crippen molar-refractivity contribution in [2.75, 3.05) is 5.32 Å². The Labute approximate surface area is 131 Å². The van der Waals surface area contributed by atoms with Gasteiger partial charge in [0.05, 0.1) is 10.2 Å². The lowest BCUT2D eigenvalue weighted by Crippen LogP contribution is -2.24. The van der Waals surface area contributed by atoms with Crippen LogP contribution in [0.4, 0.5) is 5.82 Å². The minimum absolute atomic E-state index is 0.0164. The molecule has 22 heavy (non-hydrogen) atoms. The zero-order valence-electron chi connectivity index (χ0n) is 12.3. The summed E-state index contributed by atoms with van der Waals surface area (Å²) in [5, 5.41) is 2.75. The van der Waals surface area contributed by atoms with Crippen molar-refractivity contribution in [1.29, 1.82) is 0 Å². The van der Waals surface area contributed by atoms with Crippen molar-refractivity contribution >= 4 is 33.3 Å². The Morgan fingerprint density at radius 3 is 2.82 bits per heavy atom. The summed E-state index contributed by atoms with van der Waals surface area (Å²) in [7, 11) is 0. The highest BCUT2D eigenvalue weighted by atomic mass is 32.1. The van der Waals surface area contributed by atoms with Crippen LogP contribution >= 0.6 is 11.3 Å². The van der Waals surface area contributed by atoms with Crippen molar-refractivity contribution in [3.63, 3.8) is 0 Å². The number of hydrogen-bond donors (Lipinski definition) is 1. The highest BCUT2D eigenvalue weighted by Gasteiger charge is 2.11. The molecule has 0 atom stereocenters. The van der Waals surface area contributed by atoms with Crippen molar-refractivity contribution in [2.45, 2.75) is 20.4 Å². The molecule has 0 unspecified atom stereocenters. The Kier molecular flexibility index (Phi) is 3.77. The first-order valence-electron chi connectivity index (χ1n) is 6.86. The molecule has 0 aliphatic rings. The second kappa shape index (κ2) is 5.73. The van der Waals surface area contributed by atoms with Gasteiger partial charge in [0.1, 0.15) is 12.4 Å². The van der Waals surface area contributed by atoms with Crippen LogP contribution in [0.5, 0.6) is 0 Å². The number of carbonyl (C=O) groups excluding carboxylic acids is 1. The molecule has 5 nitrogen and oxygen atoms in total. The predicted molar refractivity (Wildman–Crippen MR) is 88.4 cm³/mol. The summed E-state index contributed by atoms with van der Waals surface area (Å²) < 4.78 is 2.36. The molecule has 0 bridgehead atoms. The molecule has 1 aromatic carbocycles. The molecular formula is C16H15N3O2S. The topological polar surface area (TPSA) is 64.0 Å². The van der Waals surface area contributed by atoms with E-state index in [1.165, 1.54) is 4.57 Å². The van der Waals surface area contributed by atoms with Crippen LogP contribution in [0.3, 0.4) is 0 Å². The van der Waals surface area contributed by atoms with Gasteiger partial charge in [0.15, 0.2) is 0 Å². The molecule has 0 radical (unpaired) electrons. The number of pyridine rings is 1. The van der Waals surface area contributed by atoms with Crippen molar-refractivity contribution in [2.24, 2.45) is 0 Å². The quantitative estimate of drug-likeness (QED) is 0.808. The number of rotatable bonds is 3. The summed E-state index contributed by atoms with van der Waals surface area (Å²) in [5.41, 5.74) is 2.65. The maximum atomic E-state index is 12.2. The van der Waals surface area contributed by atoms with Crippen molar-refractivity contribution < 1.29 is 4.79 Å². The fraction of sp³-hybridized carbons (Fsp3) is 0.188. The molecule has 3 rings (SSSR count). The van der Waals surface area contributed by atoms with Gasteiger partial charge in [-0.05, 0) is 43.7 Å². The first kappa shape index (κ1) is 14.5. The number of hydrogen-bond acceptors (Lipinski definition) is 4. The molecule has 0 saturated carbocycles. The Balaban J connectivity index is 1.84. The second-order valence-corrected chi connectivity index (χ2v) is 6.13. The van der Waals surface area contributed by atoms with Gasteiger partial charge in [0, 0.05) is 5.69 Å². The Morgan fingerprint density at radius 2 is 2.05 bits per heavy atom. The van der Waals surface area contributed by atoms with Crippen molar-refractivity contribution in [3.8, 4) is 0 Å². The lowest BCUT2D eigenvalue weighted by Gasteiger charge is -2.07. The zero-order valence-corrected chi connectivity index (χ0v) is 13.1. The summed E-state index contributed by atoms with van der Waals surface area (Å²) in [6.07, 6.45) is 0. The summed E-state index contributed by atoms with van der Waals surface area (Å²) >= 11 is 1.14. The van der Waals surface area contributed by atoms with E-state index in [-0.39, 0.29) is 17.3 Å². The Bertz CT molecular complexity index is 891. The van der Waals surface area contributed by atoms with Gasteiger partial charge in [-0.1, -0.05) is 23.5 Å². The molecule has 0 fully saturated rings. The van der Waals surface area contributed by atoms with E-state index in [1.807, 2.05) is 44.2 Å². The molecule has 0 aliphatic heterocycles. The van der Waals surface area contributed by atoms with Gasteiger partial charge >= 0.3 is 4.87 Å². The number of nitrogens with one attached hydrogen (secondary N) is 1. The second-order valence-electron chi connectivity index (χ2n) is 5.14. The predicted octanol–water partition coefficient (Wildman–Crippen LogP) is 2.71. The molecular weight excluding hydrogens is 298 g/mol. The fourth-order valence-electron chi connectivity index (χ4n) is 2.40. The largest absolute Gasteiger partial charge is 0.309 e. The Hall–Kier alpha value is -2.47. The first-order chi connectivity index (χ1) is 10.5. The number of fused-ring (bicyclic) bond motifs is 1. The molecule has 1 amide bonds. The Morgan fingerprint density at radius 1 is 1.27 bits per heavy atom. The number of amides is 1. The lowest BCUT2D eigenvalue weighted by molar-refractivity contribution is -0.116. The minimum atomic E-state index is -0.261. The lowest BCUT2D eigenvalue weighted by atomic mass is 10.2. The monoisotopic (exact) mass is 313 g/mol. The van der Waals surface area contributed by atoms with E-state index >= 15 is 0 Å². The number of benzene rings is 1. The average Bonchev–Trinajstić information content (AvgIpc) is 2.74. The summed E-state index contributed by atoms with van der Waals surface area (Å²) in [4.78, 5) is 28.3. The van der Waals surface area contributed by atoms with Crippen LogP contribution in [0.25, 0.3) is 10.2 Å². The van der Waals surface area contributed by atoms with E-state index < -0.39 is 0 Å². The van der Waals surface area contributed by atoms with Crippen LogP contribution in [0.1, 0.15) is 11.3 Å². The number of aromatic nitrogens is 2. The van der Waals surface area contributed by atoms with Crippen LogP contribution < -0.4 is 10.2 Å². The third kappa shape index (κ3) is 2.92. The van der Waals surface area contributed by atoms with Gasteiger partial charge < -0.3 is 5.32 Å². The molecule has 6 heteroatoms. The third-order valence-electron chi connectivity index (χ3n) is 3.24. The molecule has 1 N–H and O–H groups in total. The van der Waals surface area contributed by atoms with Crippen molar-refractivity contribution in [1.82, 2.24) is 9.55 Å². The van der Waals surface area contributed by atoms with Gasteiger partial charge in [-0.25, -0.2) is 4.98 Å². The first-order valence-corrected chi connectivity index (χ1v) is 7.68. The maximum absolute atomic E-state index is 12.2. The summed E-state index contributed by atoms with van der Waals surface area (Å²) in [6.45, 7) is 3.80. The zero-order chi connectivity index (χ0) is 15.7. The van der Waals surface area contributed by atoms with E-state index in [4.69, 9.17) is 0 Å². The van der Waals surface area contributed by atoms with Gasteiger partial charge in [-0.3, -0.25) is 14.2 Å². The number of carbonyl (C=O) groups is 1. The van der Waals surface area contributed by atoms with E-state index in [0.29, 0.717) is 5.82 Å². The molecule has 3 aromatic rings. The normalized spacial score (nSPS) is 10.8. The standard InChI is InChI=1S/C16H15N3O2S/c1-10-7-11(2)17-14(8-10)18-15(20)9-19-12-5-3-4-6-13(12)22-16(19)21/h3-8H,9H2,1-2H3,(H,17,18,20). The minimum Gasteiger partial charge on any atom is -0.309 e. The molecule has 0 spiro atoms. The molecule has 112 valence electrons. The smallest absolute Gasteiger partial charge is 0.308 e. The van der Waals surface area contributed by atoms with Gasteiger partial charge in [-0.2, -0.15) is 0 Å². The van der Waals surface area contributed by atoms with E-state index in [1.54, 1.807) is 6.07 Å². The van der Waals surface area contributed by atoms with Crippen LogP contribution in [-0.4, -0.2) is 15.5 Å². The molecule has 2 aromatic heterocycles. The SMILES string of the molecule is Cc1cc(C)nc(NC(=O)Cn2c(=O)sc3ccccc32)c1. The number of thiazole rings is 1. The van der Waals surface area contributed by atoms with Crippen molar-refractivity contribution in [3.05, 3.63) is 57.3 Å². The van der Waals surface area contributed by atoms with Gasteiger partial charge in [0.2, 0.25) is 5.91 Å². The molecule has 0 aliphatic carbocycles. The van der Waals surface area contributed by atoms with Gasteiger partial charge in [0.25, 0.3) is 0 Å². The van der Waals surface area contributed by atoms with E-state index in [2.05, 4.69) is 10.3 Å². The summed E-state index contributed by atoms with van der Waals surface area (Å²) in [6, 6.07) is 11.2. The molecule has 0 saturated heterocycles. The average molecular weight is 313 g/mol. The number of anilines is 1. The number of para-hydroxylation sites is 1. The van der Waals surface area contributed by atoms with E-state index in [9.17, 15) is 9.59 Å². The van der Waals surface area contributed by atoms with Gasteiger partial charge in [-0.15, -0.1) is 0 Å². The summed E-state index contributed by atoms with van der Waals surface area (Å²) in [5.74, 6) is 0.248. The van der Waals surface area contributed by atoms with Crippen LogP contribution in [-0.2, 0) is 11.3 Å². The van der Waals surface area contributed by atoms with Crippen LogP contribution in [0, 0.1) is 13.8 Å². The third-order valence-corrected chi connectivity index (χ3v) is 4.20. The maximum Gasteiger partial charge on any atom is 0.308 e. The molecule has 2 heterocycles. The highest BCUT2D eigenvalue weighted by molar-refractivity contribution is 7.16.